The van der Waals surface area contributed by atoms with Crippen molar-refractivity contribution in [3.8, 4) is 22.9 Å². The Morgan fingerprint density at radius 3 is 2.81 bits per heavy atom. The minimum absolute atomic E-state index is 0.0275. The summed E-state index contributed by atoms with van der Waals surface area (Å²) in [5, 5.41) is 8.55. The number of hydrogen-bond donors (Lipinski definition) is 0. The number of methoxy groups -OCH3 is 1. The zero-order valence-corrected chi connectivity index (χ0v) is 16.7. The van der Waals surface area contributed by atoms with Crippen molar-refractivity contribution in [3.05, 3.63) is 45.4 Å². The molecule has 0 N–H and O–H groups in total. The van der Waals surface area contributed by atoms with E-state index in [0.717, 1.165) is 11.1 Å². The molecule has 0 bridgehead atoms. The molecule has 8 heteroatoms. The van der Waals surface area contributed by atoms with Crippen LogP contribution in [0.25, 0.3) is 22.5 Å². The quantitative estimate of drug-likeness (QED) is 0.499. The number of aromatic nitrogens is 2. The number of benzene rings is 1. The van der Waals surface area contributed by atoms with Crippen LogP contribution in [0.1, 0.15) is 25.3 Å². The molecule has 0 spiro atoms. The first-order chi connectivity index (χ1) is 12.5. The number of halogens is 2. The van der Waals surface area contributed by atoms with Gasteiger partial charge in [0.05, 0.1) is 18.2 Å². The average molecular weight is 411 g/mol. The van der Waals surface area contributed by atoms with Gasteiger partial charge in [-0.25, -0.2) is 0 Å². The number of ether oxygens (including phenoxy) is 2. The molecule has 3 aromatic rings. The maximum Gasteiger partial charge on any atom is 0.269 e. The first-order valence-corrected chi connectivity index (χ1v) is 9.46. The minimum Gasteiger partial charge on any atom is -0.493 e. The van der Waals surface area contributed by atoms with E-state index in [1.54, 1.807) is 36.7 Å². The van der Waals surface area contributed by atoms with Crippen molar-refractivity contribution in [1.29, 1.82) is 0 Å². The first kappa shape index (κ1) is 18.8. The van der Waals surface area contributed by atoms with Crippen molar-refractivity contribution in [2.75, 3.05) is 7.11 Å². The summed E-state index contributed by atoms with van der Waals surface area (Å²) >= 11 is 14.2. The van der Waals surface area contributed by atoms with Crippen molar-refractivity contribution < 1.29 is 14.0 Å². The van der Waals surface area contributed by atoms with Gasteiger partial charge in [0, 0.05) is 10.9 Å². The summed E-state index contributed by atoms with van der Waals surface area (Å²) in [6.07, 6.45) is 1.65. The van der Waals surface area contributed by atoms with Crippen LogP contribution in [-0.2, 0) is 0 Å². The van der Waals surface area contributed by atoms with E-state index in [-0.39, 0.29) is 12.0 Å². The largest absolute Gasteiger partial charge is 0.493 e. The number of hydrogen-bond acceptors (Lipinski definition) is 6. The van der Waals surface area contributed by atoms with Gasteiger partial charge in [0.2, 0.25) is 5.82 Å². The maximum absolute atomic E-state index is 6.34. The number of nitrogens with zero attached hydrogens (tertiary/aromatic N) is 2. The SMILES string of the molecule is COc1cc(/C=C(\Cl)c2nc(-c3ccsc3)no2)cc(Cl)c1OC(C)C. The zero-order valence-electron chi connectivity index (χ0n) is 14.3. The highest BCUT2D eigenvalue weighted by atomic mass is 35.5. The topological polar surface area (TPSA) is 57.4 Å². The van der Waals surface area contributed by atoms with E-state index < -0.39 is 0 Å². The van der Waals surface area contributed by atoms with Gasteiger partial charge in [-0.2, -0.15) is 16.3 Å². The molecule has 3 rings (SSSR count). The molecule has 0 unspecified atom stereocenters. The van der Waals surface area contributed by atoms with Crippen LogP contribution in [-0.4, -0.2) is 23.4 Å². The Morgan fingerprint density at radius 2 is 2.15 bits per heavy atom. The molecule has 2 heterocycles. The molecule has 0 saturated heterocycles. The third-order valence-electron chi connectivity index (χ3n) is 3.31. The zero-order chi connectivity index (χ0) is 18.7. The second kappa shape index (κ2) is 8.12. The molecule has 0 saturated carbocycles. The Labute approximate surface area is 165 Å². The molecule has 0 fully saturated rings. The van der Waals surface area contributed by atoms with E-state index >= 15 is 0 Å². The van der Waals surface area contributed by atoms with E-state index in [1.165, 1.54) is 0 Å². The Kier molecular flexibility index (Phi) is 5.86. The maximum atomic E-state index is 6.34. The molecule has 0 atom stereocenters. The fourth-order valence-electron chi connectivity index (χ4n) is 2.21. The number of rotatable bonds is 6. The van der Waals surface area contributed by atoms with Gasteiger partial charge in [0.25, 0.3) is 5.89 Å². The fraction of sp³-hybridized carbons (Fsp3) is 0.222. The summed E-state index contributed by atoms with van der Waals surface area (Å²) in [5.41, 5.74) is 1.61. The van der Waals surface area contributed by atoms with E-state index in [0.29, 0.717) is 27.4 Å². The van der Waals surface area contributed by atoms with E-state index in [4.69, 9.17) is 37.2 Å². The summed E-state index contributed by atoms with van der Waals surface area (Å²) in [6.45, 7) is 3.84. The first-order valence-electron chi connectivity index (χ1n) is 7.76. The van der Waals surface area contributed by atoms with Crippen LogP contribution in [0.5, 0.6) is 11.5 Å². The lowest BCUT2D eigenvalue weighted by molar-refractivity contribution is 0.230. The summed E-state index contributed by atoms with van der Waals surface area (Å²) in [5.74, 6) is 1.73. The van der Waals surface area contributed by atoms with Crippen molar-refractivity contribution in [2.24, 2.45) is 0 Å². The highest BCUT2D eigenvalue weighted by molar-refractivity contribution is 7.08. The molecule has 2 aromatic heterocycles. The van der Waals surface area contributed by atoms with Crippen molar-refractivity contribution >= 4 is 45.6 Å². The third-order valence-corrected chi connectivity index (χ3v) is 4.54. The van der Waals surface area contributed by atoms with Gasteiger partial charge in [-0.1, -0.05) is 28.4 Å². The predicted molar refractivity (Wildman–Crippen MR) is 105 cm³/mol. The molecular formula is C18H16Cl2N2O3S. The molecule has 26 heavy (non-hydrogen) atoms. The van der Waals surface area contributed by atoms with Crippen LogP contribution in [0.15, 0.2) is 33.5 Å². The molecule has 136 valence electrons. The van der Waals surface area contributed by atoms with Crippen molar-refractivity contribution in [3.63, 3.8) is 0 Å². The van der Waals surface area contributed by atoms with Gasteiger partial charge in [0.1, 0.15) is 5.03 Å². The van der Waals surface area contributed by atoms with Gasteiger partial charge in [-0.05, 0) is 49.1 Å². The lowest BCUT2D eigenvalue weighted by Gasteiger charge is -2.15. The van der Waals surface area contributed by atoms with Crippen LogP contribution in [0.4, 0.5) is 0 Å². The summed E-state index contributed by atoms with van der Waals surface area (Å²) in [6, 6.07) is 5.43. The lowest BCUT2D eigenvalue weighted by atomic mass is 10.2. The summed E-state index contributed by atoms with van der Waals surface area (Å²) in [7, 11) is 1.55. The van der Waals surface area contributed by atoms with Crippen molar-refractivity contribution in [2.45, 2.75) is 20.0 Å². The normalized spacial score (nSPS) is 11.8. The molecule has 0 aliphatic carbocycles. The fourth-order valence-corrected chi connectivity index (χ4v) is 3.31. The second-order valence-corrected chi connectivity index (χ2v) is 7.22. The Bertz CT molecular complexity index is 921. The van der Waals surface area contributed by atoms with Gasteiger partial charge < -0.3 is 14.0 Å². The smallest absolute Gasteiger partial charge is 0.269 e. The Balaban J connectivity index is 1.90. The van der Waals surface area contributed by atoms with E-state index in [1.807, 2.05) is 30.7 Å². The van der Waals surface area contributed by atoms with Gasteiger partial charge in [-0.15, -0.1) is 0 Å². The number of thiophene rings is 1. The molecular weight excluding hydrogens is 395 g/mol. The highest BCUT2D eigenvalue weighted by Gasteiger charge is 2.15. The minimum atomic E-state index is -0.0275. The highest BCUT2D eigenvalue weighted by Crippen LogP contribution is 2.38. The van der Waals surface area contributed by atoms with Crippen molar-refractivity contribution in [1.82, 2.24) is 10.1 Å². The molecule has 0 aliphatic rings. The predicted octanol–water partition coefficient (Wildman–Crippen LogP) is 5.98. The van der Waals surface area contributed by atoms with Gasteiger partial charge >= 0.3 is 0 Å². The molecule has 0 radical (unpaired) electrons. The second-order valence-electron chi connectivity index (χ2n) is 5.63. The van der Waals surface area contributed by atoms with Crippen LogP contribution < -0.4 is 9.47 Å². The van der Waals surface area contributed by atoms with Gasteiger partial charge in [-0.3, -0.25) is 0 Å². The third kappa shape index (κ3) is 4.20. The van der Waals surface area contributed by atoms with E-state index in [2.05, 4.69) is 10.1 Å². The van der Waals surface area contributed by atoms with Crippen LogP contribution >= 0.6 is 34.5 Å². The van der Waals surface area contributed by atoms with Crippen LogP contribution in [0.2, 0.25) is 5.02 Å². The average Bonchev–Trinajstić information content (AvgIpc) is 3.27. The molecule has 0 aliphatic heterocycles. The van der Waals surface area contributed by atoms with Crippen LogP contribution in [0.3, 0.4) is 0 Å². The Hall–Kier alpha value is -2.02. The van der Waals surface area contributed by atoms with E-state index in [9.17, 15) is 0 Å². The lowest BCUT2D eigenvalue weighted by Crippen LogP contribution is -2.07. The molecule has 5 nitrogen and oxygen atoms in total. The summed E-state index contributed by atoms with van der Waals surface area (Å²) in [4.78, 5) is 4.31. The van der Waals surface area contributed by atoms with Gasteiger partial charge in [0.15, 0.2) is 11.5 Å². The molecule has 0 amide bonds. The summed E-state index contributed by atoms with van der Waals surface area (Å²) < 4.78 is 16.3. The monoisotopic (exact) mass is 410 g/mol. The van der Waals surface area contributed by atoms with Crippen LogP contribution in [0, 0.1) is 0 Å². The standard InChI is InChI=1S/C18H16Cl2N2O3S/c1-10(2)24-16-13(19)6-11(8-15(16)23-3)7-14(20)18-21-17(22-25-18)12-4-5-26-9-12/h4-10H,1-3H3/b14-7-. The molecule has 1 aromatic carbocycles. The Morgan fingerprint density at radius 1 is 1.35 bits per heavy atom.